The minimum atomic E-state index is -1.09. The number of nitrogens with zero attached hydrogens (tertiary/aromatic N) is 2. The van der Waals surface area contributed by atoms with E-state index in [0.717, 1.165) is 17.1 Å². The Morgan fingerprint density at radius 3 is 2.63 bits per heavy atom. The van der Waals surface area contributed by atoms with Crippen LogP contribution in [-0.4, -0.2) is 26.6 Å². The number of carbonyl (C=O) groups excluding carboxylic acids is 1. The van der Waals surface area contributed by atoms with Gasteiger partial charge in [0.05, 0.1) is 16.9 Å². The molecule has 2 rings (SSSR count). The SMILES string of the molecule is Cc1ccc(NC(=O)c2snnc2C)c(C(=O)O)c1. The lowest BCUT2D eigenvalue weighted by atomic mass is 10.1. The molecule has 0 aliphatic rings. The quantitative estimate of drug-likeness (QED) is 0.896. The summed E-state index contributed by atoms with van der Waals surface area (Å²) in [5, 5.41) is 15.4. The van der Waals surface area contributed by atoms with Gasteiger partial charge >= 0.3 is 5.97 Å². The van der Waals surface area contributed by atoms with Gasteiger partial charge in [-0.15, -0.1) is 5.10 Å². The van der Waals surface area contributed by atoms with Gasteiger partial charge in [0.25, 0.3) is 5.91 Å². The standard InChI is InChI=1S/C12H11N3O3S/c1-6-3-4-9(8(5-6)12(17)18)13-11(16)10-7(2)14-15-19-10/h3-5H,1-2H3,(H,13,16)(H,17,18). The molecular weight excluding hydrogens is 266 g/mol. The molecule has 1 aromatic heterocycles. The molecule has 0 fully saturated rings. The fourth-order valence-corrected chi connectivity index (χ4v) is 2.11. The Kier molecular flexibility index (Phi) is 3.57. The van der Waals surface area contributed by atoms with Crippen molar-refractivity contribution < 1.29 is 14.7 Å². The minimum absolute atomic E-state index is 0.0588. The number of carbonyl (C=O) groups is 2. The maximum Gasteiger partial charge on any atom is 0.337 e. The fraction of sp³-hybridized carbons (Fsp3) is 0.167. The molecule has 0 aliphatic carbocycles. The monoisotopic (exact) mass is 277 g/mol. The number of rotatable bonds is 3. The van der Waals surface area contributed by atoms with E-state index in [9.17, 15) is 9.59 Å². The highest BCUT2D eigenvalue weighted by atomic mass is 32.1. The number of benzene rings is 1. The van der Waals surface area contributed by atoms with Gasteiger partial charge in [-0.25, -0.2) is 4.79 Å². The number of carboxylic acid groups (broad SMARTS) is 1. The lowest BCUT2D eigenvalue weighted by molar-refractivity contribution is 0.0698. The Morgan fingerprint density at radius 1 is 1.32 bits per heavy atom. The minimum Gasteiger partial charge on any atom is -0.478 e. The zero-order chi connectivity index (χ0) is 14.0. The van der Waals surface area contributed by atoms with Crippen molar-refractivity contribution in [2.75, 3.05) is 5.32 Å². The predicted octanol–water partition coefficient (Wildman–Crippen LogP) is 2.11. The largest absolute Gasteiger partial charge is 0.478 e. The molecule has 0 unspecified atom stereocenters. The Labute approximate surface area is 113 Å². The van der Waals surface area contributed by atoms with E-state index < -0.39 is 11.9 Å². The Morgan fingerprint density at radius 2 is 2.05 bits per heavy atom. The van der Waals surface area contributed by atoms with Gasteiger partial charge in [-0.1, -0.05) is 16.1 Å². The van der Waals surface area contributed by atoms with E-state index in [1.807, 2.05) is 0 Å². The van der Waals surface area contributed by atoms with E-state index in [1.54, 1.807) is 26.0 Å². The van der Waals surface area contributed by atoms with Crippen molar-refractivity contribution in [1.82, 2.24) is 9.59 Å². The summed E-state index contributed by atoms with van der Waals surface area (Å²) in [4.78, 5) is 23.5. The normalized spacial score (nSPS) is 10.2. The van der Waals surface area contributed by atoms with Gasteiger partial charge < -0.3 is 10.4 Å². The van der Waals surface area contributed by atoms with E-state index >= 15 is 0 Å². The van der Waals surface area contributed by atoms with Gasteiger partial charge in [-0.2, -0.15) is 0 Å². The number of hydrogen-bond donors (Lipinski definition) is 2. The third-order valence-corrected chi connectivity index (χ3v) is 3.34. The average Bonchev–Trinajstić information content (AvgIpc) is 2.77. The average molecular weight is 277 g/mol. The van der Waals surface area contributed by atoms with Gasteiger partial charge in [-0.05, 0) is 37.5 Å². The zero-order valence-electron chi connectivity index (χ0n) is 10.3. The number of anilines is 1. The van der Waals surface area contributed by atoms with E-state index in [0.29, 0.717) is 10.6 Å². The molecule has 1 heterocycles. The smallest absolute Gasteiger partial charge is 0.337 e. The van der Waals surface area contributed by atoms with Gasteiger partial charge in [0.2, 0.25) is 0 Å². The molecule has 19 heavy (non-hydrogen) atoms. The number of amides is 1. The first-order valence-electron chi connectivity index (χ1n) is 5.43. The highest BCUT2D eigenvalue weighted by Crippen LogP contribution is 2.19. The molecule has 0 radical (unpaired) electrons. The molecule has 0 saturated heterocycles. The van der Waals surface area contributed by atoms with Crippen LogP contribution in [0.3, 0.4) is 0 Å². The van der Waals surface area contributed by atoms with Crippen LogP contribution in [0.4, 0.5) is 5.69 Å². The summed E-state index contributed by atoms with van der Waals surface area (Å²) < 4.78 is 3.67. The lowest BCUT2D eigenvalue weighted by Crippen LogP contribution is -2.14. The summed E-state index contributed by atoms with van der Waals surface area (Å²) in [7, 11) is 0. The molecule has 6 nitrogen and oxygen atoms in total. The molecule has 2 N–H and O–H groups in total. The van der Waals surface area contributed by atoms with Crippen molar-refractivity contribution in [1.29, 1.82) is 0 Å². The van der Waals surface area contributed by atoms with Crippen molar-refractivity contribution in [3.63, 3.8) is 0 Å². The van der Waals surface area contributed by atoms with Crippen LogP contribution in [0.5, 0.6) is 0 Å². The Bertz CT molecular complexity index is 651. The van der Waals surface area contributed by atoms with E-state index in [-0.39, 0.29) is 11.3 Å². The second-order valence-corrected chi connectivity index (χ2v) is 4.75. The number of aromatic nitrogens is 2. The molecule has 0 spiro atoms. The second-order valence-electron chi connectivity index (χ2n) is 4.00. The topological polar surface area (TPSA) is 92.2 Å². The molecule has 7 heteroatoms. The third-order valence-electron chi connectivity index (χ3n) is 2.51. The summed E-state index contributed by atoms with van der Waals surface area (Å²) in [5.41, 5.74) is 1.65. The molecule has 0 aliphatic heterocycles. The van der Waals surface area contributed by atoms with Crippen LogP contribution in [0.2, 0.25) is 0 Å². The van der Waals surface area contributed by atoms with Crippen LogP contribution in [0, 0.1) is 13.8 Å². The maximum absolute atomic E-state index is 12.0. The maximum atomic E-state index is 12.0. The van der Waals surface area contributed by atoms with Gasteiger partial charge in [0.1, 0.15) is 4.88 Å². The third kappa shape index (κ3) is 2.76. The highest BCUT2D eigenvalue weighted by molar-refractivity contribution is 7.08. The van der Waals surface area contributed by atoms with E-state index in [2.05, 4.69) is 14.9 Å². The molecule has 0 atom stereocenters. The second kappa shape index (κ2) is 5.15. The van der Waals surface area contributed by atoms with Crippen molar-refractivity contribution >= 4 is 29.1 Å². The first kappa shape index (κ1) is 13.2. The number of nitrogens with one attached hydrogen (secondary N) is 1. The fourth-order valence-electron chi connectivity index (χ4n) is 1.56. The van der Waals surface area contributed by atoms with Crippen LogP contribution in [0.25, 0.3) is 0 Å². The molecule has 0 bridgehead atoms. The summed E-state index contributed by atoms with van der Waals surface area (Å²) in [6, 6.07) is 4.82. The van der Waals surface area contributed by atoms with Crippen molar-refractivity contribution in [2.24, 2.45) is 0 Å². The van der Waals surface area contributed by atoms with E-state index in [4.69, 9.17) is 5.11 Å². The van der Waals surface area contributed by atoms with Crippen LogP contribution in [0.1, 0.15) is 31.3 Å². The van der Waals surface area contributed by atoms with Gasteiger partial charge in [0, 0.05) is 0 Å². The number of aromatic carboxylic acids is 1. The molecule has 1 amide bonds. The number of aryl methyl sites for hydroxylation is 2. The molecule has 0 saturated carbocycles. The Balaban J connectivity index is 2.32. The number of carboxylic acids is 1. The van der Waals surface area contributed by atoms with E-state index in [1.165, 1.54) is 6.07 Å². The van der Waals surface area contributed by atoms with Crippen molar-refractivity contribution in [3.05, 3.63) is 39.9 Å². The molecule has 98 valence electrons. The lowest BCUT2D eigenvalue weighted by Gasteiger charge is -2.08. The van der Waals surface area contributed by atoms with Crippen molar-refractivity contribution in [3.8, 4) is 0 Å². The van der Waals surface area contributed by atoms with Crippen molar-refractivity contribution in [2.45, 2.75) is 13.8 Å². The molecule has 1 aromatic carbocycles. The first-order valence-corrected chi connectivity index (χ1v) is 6.20. The van der Waals surface area contributed by atoms with Crippen LogP contribution >= 0.6 is 11.5 Å². The predicted molar refractivity (Wildman–Crippen MR) is 70.7 cm³/mol. The summed E-state index contributed by atoms with van der Waals surface area (Å²) >= 11 is 0.974. The highest BCUT2D eigenvalue weighted by Gasteiger charge is 2.17. The van der Waals surface area contributed by atoms with Crippen LogP contribution in [0.15, 0.2) is 18.2 Å². The molecular formula is C12H11N3O3S. The van der Waals surface area contributed by atoms with Crippen LogP contribution in [-0.2, 0) is 0 Å². The Hall–Kier alpha value is -2.28. The zero-order valence-corrected chi connectivity index (χ0v) is 11.1. The summed E-state index contributed by atoms with van der Waals surface area (Å²) in [5.74, 6) is -1.49. The molecule has 2 aromatic rings. The first-order chi connectivity index (χ1) is 8.99. The number of hydrogen-bond acceptors (Lipinski definition) is 5. The summed E-state index contributed by atoms with van der Waals surface area (Å²) in [6.07, 6.45) is 0. The van der Waals surface area contributed by atoms with Gasteiger partial charge in [-0.3, -0.25) is 4.79 Å². The summed E-state index contributed by atoms with van der Waals surface area (Å²) in [6.45, 7) is 3.46. The van der Waals surface area contributed by atoms with Crippen LogP contribution < -0.4 is 5.32 Å². The van der Waals surface area contributed by atoms with Gasteiger partial charge in [0.15, 0.2) is 0 Å².